The van der Waals surface area contributed by atoms with Gasteiger partial charge in [0.25, 0.3) is 0 Å². The Balaban J connectivity index is 1.52. The van der Waals surface area contributed by atoms with E-state index in [0.717, 1.165) is 24.2 Å². The molecule has 0 radical (unpaired) electrons. The quantitative estimate of drug-likeness (QED) is 0.781. The summed E-state index contributed by atoms with van der Waals surface area (Å²) in [5, 5.41) is 11.9. The maximum Gasteiger partial charge on any atom is 0.304 e. The summed E-state index contributed by atoms with van der Waals surface area (Å²) in [7, 11) is 0. The monoisotopic (exact) mass is 335 g/mol. The van der Waals surface area contributed by atoms with E-state index in [1.165, 1.54) is 0 Å². The van der Waals surface area contributed by atoms with Gasteiger partial charge in [-0.2, -0.15) is 0 Å². The minimum atomic E-state index is -0.985. The third kappa shape index (κ3) is 3.97. The van der Waals surface area contributed by atoms with Gasteiger partial charge in [-0.25, -0.2) is 0 Å². The molecule has 0 saturated carbocycles. The average Bonchev–Trinajstić information content (AvgIpc) is 3.23. The smallest absolute Gasteiger partial charge is 0.304 e. The van der Waals surface area contributed by atoms with Gasteiger partial charge in [-0.05, 0) is 37.0 Å². The Morgan fingerprint density at radius 2 is 2.12 bits per heavy atom. The number of carboxylic acid groups (broad SMARTS) is 1. The van der Waals surface area contributed by atoms with Crippen molar-refractivity contribution in [3.05, 3.63) is 23.8 Å². The molecule has 0 aromatic heterocycles. The number of ether oxygens (including phenoxy) is 3. The van der Waals surface area contributed by atoms with Crippen LogP contribution in [0.15, 0.2) is 18.2 Å². The molecule has 1 aromatic rings. The summed E-state index contributed by atoms with van der Waals surface area (Å²) in [4.78, 5) is 23.4. The largest absolute Gasteiger partial charge is 0.481 e. The van der Waals surface area contributed by atoms with Gasteiger partial charge in [0.05, 0.1) is 18.4 Å². The van der Waals surface area contributed by atoms with Crippen LogP contribution in [0.4, 0.5) is 0 Å². The zero-order valence-corrected chi connectivity index (χ0v) is 13.3. The summed E-state index contributed by atoms with van der Waals surface area (Å²) in [6, 6.07) is 5.66. The maximum absolute atomic E-state index is 12.3. The minimum Gasteiger partial charge on any atom is -0.481 e. The predicted molar refractivity (Wildman–Crippen MR) is 84.0 cm³/mol. The van der Waals surface area contributed by atoms with Crippen LogP contribution < -0.4 is 14.8 Å². The number of rotatable bonds is 7. The molecule has 24 heavy (non-hydrogen) atoms. The van der Waals surface area contributed by atoms with Crippen molar-refractivity contribution in [2.45, 2.75) is 31.8 Å². The SMILES string of the molecule is O=C(O)CC(C(=O)NCCc1ccc2c(c1)OCO2)C1CCCO1. The number of nitrogens with one attached hydrogen (secondary N) is 1. The lowest BCUT2D eigenvalue weighted by Crippen LogP contribution is -2.39. The van der Waals surface area contributed by atoms with Crippen LogP contribution in [-0.4, -0.2) is 43.0 Å². The summed E-state index contributed by atoms with van der Waals surface area (Å²) in [6.45, 7) is 1.25. The first kappa shape index (κ1) is 16.6. The Bertz CT molecular complexity index is 611. The van der Waals surface area contributed by atoms with E-state index < -0.39 is 11.9 Å². The number of fused-ring (bicyclic) bond motifs is 1. The first-order chi connectivity index (χ1) is 11.6. The molecule has 1 aromatic carbocycles. The number of hydrogen-bond donors (Lipinski definition) is 2. The van der Waals surface area contributed by atoms with E-state index in [2.05, 4.69) is 5.32 Å². The molecule has 3 rings (SSSR count). The van der Waals surface area contributed by atoms with E-state index in [9.17, 15) is 9.59 Å². The highest BCUT2D eigenvalue weighted by Crippen LogP contribution is 2.32. The number of carbonyl (C=O) groups is 2. The van der Waals surface area contributed by atoms with Gasteiger partial charge in [-0.3, -0.25) is 9.59 Å². The predicted octanol–water partition coefficient (Wildman–Crippen LogP) is 1.34. The third-order valence-electron chi connectivity index (χ3n) is 4.29. The second-order valence-corrected chi connectivity index (χ2v) is 5.98. The zero-order valence-electron chi connectivity index (χ0n) is 13.3. The molecule has 0 spiro atoms. The number of benzene rings is 1. The molecular weight excluding hydrogens is 314 g/mol. The second kappa shape index (κ2) is 7.53. The van der Waals surface area contributed by atoms with Crippen molar-refractivity contribution in [2.75, 3.05) is 19.9 Å². The fourth-order valence-corrected chi connectivity index (χ4v) is 3.06. The highest BCUT2D eigenvalue weighted by atomic mass is 16.7. The number of carbonyl (C=O) groups excluding carboxylic acids is 1. The van der Waals surface area contributed by atoms with Gasteiger partial charge < -0.3 is 24.6 Å². The lowest BCUT2D eigenvalue weighted by molar-refractivity contribution is -0.143. The molecule has 2 N–H and O–H groups in total. The van der Waals surface area contributed by atoms with Crippen LogP contribution in [0.1, 0.15) is 24.8 Å². The van der Waals surface area contributed by atoms with Gasteiger partial charge in [0.1, 0.15) is 0 Å². The molecular formula is C17H21NO6. The molecule has 2 aliphatic heterocycles. The summed E-state index contributed by atoms with van der Waals surface area (Å²) in [6.07, 6.45) is 1.72. The Morgan fingerprint density at radius 3 is 2.88 bits per heavy atom. The zero-order chi connectivity index (χ0) is 16.9. The molecule has 2 heterocycles. The van der Waals surface area contributed by atoms with Crippen molar-refractivity contribution in [3.8, 4) is 11.5 Å². The summed E-state index contributed by atoms with van der Waals surface area (Å²) >= 11 is 0. The van der Waals surface area contributed by atoms with Gasteiger partial charge in [-0.15, -0.1) is 0 Å². The molecule has 2 unspecified atom stereocenters. The second-order valence-electron chi connectivity index (χ2n) is 5.98. The molecule has 1 fully saturated rings. The first-order valence-corrected chi connectivity index (χ1v) is 8.13. The maximum atomic E-state index is 12.3. The highest BCUT2D eigenvalue weighted by Gasteiger charge is 2.33. The molecule has 0 bridgehead atoms. The van der Waals surface area contributed by atoms with Gasteiger partial charge in [-0.1, -0.05) is 6.07 Å². The average molecular weight is 335 g/mol. The topological polar surface area (TPSA) is 94.1 Å². The molecule has 2 atom stereocenters. The number of aliphatic carboxylic acids is 1. The first-order valence-electron chi connectivity index (χ1n) is 8.13. The Kier molecular flexibility index (Phi) is 5.20. The molecule has 2 aliphatic rings. The highest BCUT2D eigenvalue weighted by molar-refractivity contribution is 5.83. The minimum absolute atomic E-state index is 0.208. The van der Waals surface area contributed by atoms with Gasteiger partial charge in [0, 0.05) is 13.2 Å². The van der Waals surface area contributed by atoms with E-state index in [4.69, 9.17) is 19.3 Å². The standard InChI is InChI=1S/C17H21NO6/c19-16(20)9-12(13-2-1-7-22-13)17(21)18-6-5-11-3-4-14-15(8-11)24-10-23-14/h3-4,8,12-13H,1-2,5-7,9-10H2,(H,18,21)(H,19,20). The number of amides is 1. The van der Waals surface area contributed by atoms with E-state index in [0.29, 0.717) is 25.3 Å². The van der Waals surface area contributed by atoms with Crippen LogP contribution in [-0.2, 0) is 20.7 Å². The fourth-order valence-electron chi connectivity index (χ4n) is 3.06. The molecule has 1 saturated heterocycles. The Morgan fingerprint density at radius 1 is 1.29 bits per heavy atom. The lowest BCUT2D eigenvalue weighted by Gasteiger charge is -2.20. The van der Waals surface area contributed by atoms with Crippen LogP contribution >= 0.6 is 0 Å². The molecule has 7 heteroatoms. The van der Waals surface area contributed by atoms with Gasteiger partial charge in [0.15, 0.2) is 11.5 Å². The van der Waals surface area contributed by atoms with Crippen molar-refractivity contribution < 1.29 is 28.9 Å². The van der Waals surface area contributed by atoms with Crippen molar-refractivity contribution in [3.63, 3.8) is 0 Å². The summed E-state index contributed by atoms with van der Waals surface area (Å²) < 4.78 is 16.1. The van der Waals surface area contributed by atoms with Gasteiger partial charge >= 0.3 is 5.97 Å². The lowest BCUT2D eigenvalue weighted by atomic mass is 9.95. The van der Waals surface area contributed by atoms with Crippen LogP contribution in [0.2, 0.25) is 0 Å². The summed E-state index contributed by atoms with van der Waals surface area (Å²) in [5.74, 6) is -0.446. The number of carboxylic acids is 1. The Labute approximate surface area is 139 Å². The van der Waals surface area contributed by atoms with Crippen LogP contribution in [0.3, 0.4) is 0 Å². The molecule has 0 aliphatic carbocycles. The molecule has 1 amide bonds. The normalized spacial score (nSPS) is 19.9. The number of hydrogen-bond acceptors (Lipinski definition) is 5. The fraction of sp³-hybridized carbons (Fsp3) is 0.529. The van der Waals surface area contributed by atoms with Crippen molar-refractivity contribution in [1.82, 2.24) is 5.32 Å². The van der Waals surface area contributed by atoms with Crippen molar-refractivity contribution in [1.29, 1.82) is 0 Å². The van der Waals surface area contributed by atoms with E-state index in [1.54, 1.807) is 0 Å². The molecule has 7 nitrogen and oxygen atoms in total. The van der Waals surface area contributed by atoms with Crippen LogP contribution in [0.25, 0.3) is 0 Å². The van der Waals surface area contributed by atoms with E-state index >= 15 is 0 Å². The molecule has 130 valence electrons. The summed E-state index contributed by atoms with van der Waals surface area (Å²) in [5.41, 5.74) is 1.02. The van der Waals surface area contributed by atoms with Crippen molar-refractivity contribution in [2.24, 2.45) is 5.92 Å². The van der Waals surface area contributed by atoms with Crippen LogP contribution in [0, 0.1) is 5.92 Å². The van der Waals surface area contributed by atoms with E-state index in [1.807, 2.05) is 18.2 Å². The van der Waals surface area contributed by atoms with Gasteiger partial charge in [0.2, 0.25) is 12.7 Å². The van der Waals surface area contributed by atoms with E-state index in [-0.39, 0.29) is 25.2 Å². The van der Waals surface area contributed by atoms with Crippen molar-refractivity contribution >= 4 is 11.9 Å². The Hall–Kier alpha value is -2.28. The third-order valence-corrected chi connectivity index (χ3v) is 4.29. The van der Waals surface area contributed by atoms with Crippen LogP contribution in [0.5, 0.6) is 11.5 Å².